The second-order valence-corrected chi connectivity index (χ2v) is 6.40. The molecule has 2 heterocycles. The van der Waals surface area contributed by atoms with Crippen molar-refractivity contribution in [2.75, 3.05) is 5.32 Å². The number of aryl methyl sites for hydroxylation is 2. The fraction of sp³-hybridized carbons (Fsp3) is 0.235. The second-order valence-electron chi connectivity index (χ2n) is 5.54. The molecule has 0 radical (unpaired) electrons. The van der Waals surface area contributed by atoms with E-state index in [4.69, 9.17) is 0 Å². The summed E-state index contributed by atoms with van der Waals surface area (Å²) in [4.78, 5) is 16.6. The average Bonchev–Trinajstić information content (AvgIpc) is 3.09. The molecule has 0 saturated heterocycles. The molecule has 0 atom stereocenters. The lowest BCUT2D eigenvalue weighted by Crippen LogP contribution is -2.15. The van der Waals surface area contributed by atoms with Crippen molar-refractivity contribution in [2.24, 2.45) is 7.05 Å². The molecule has 5 nitrogen and oxygen atoms in total. The van der Waals surface area contributed by atoms with Crippen molar-refractivity contribution in [1.29, 1.82) is 0 Å². The Morgan fingerprint density at radius 1 is 1.29 bits per heavy atom. The summed E-state index contributed by atoms with van der Waals surface area (Å²) in [6, 6.07) is 6.11. The summed E-state index contributed by atoms with van der Waals surface area (Å²) in [5.41, 5.74) is 4.30. The Labute approximate surface area is 143 Å². The van der Waals surface area contributed by atoms with Crippen molar-refractivity contribution in [3.63, 3.8) is 0 Å². The summed E-state index contributed by atoms with van der Waals surface area (Å²) < 4.78 is 14.7. The van der Waals surface area contributed by atoms with E-state index in [1.54, 1.807) is 16.8 Å². The quantitative estimate of drug-likeness (QED) is 0.788. The van der Waals surface area contributed by atoms with Crippen LogP contribution in [0, 0.1) is 19.7 Å². The van der Waals surface area contributed by atoms with E-state index in [0.29, 0.717) is 10.8 Å². The predicted octanol–water partition coefficient (Wildman–Crippen LogP) is 3.48. The highest BCUT2D eigenvalue weighted by Crippen LogP contribution is 2.25. The van der Waals surface area contributed by atoms with E-state index in [1.807, 2.05) is 26.3 Å². The van der Waals surface area contributed by atoms with Gasteiger partial charge in [0.25, 0.3) is 0 Å². The van der Waals surface area contributed by atoms with Crippen LogP contribution in [0.1, 0.15) is 17.0 Å². The van der Waals surface area contributed by atoms with E-state index in [1.165, 1.54) is 23.5 Å². The molecule has 0 aliphatic carbocycles. The Hall–Kier alpha value is -2.54. The van der Waals surface area contributed by atoms with Gasteiger partial charge in [0.05, 0.1) is 17.8 Å². The molecule has 0 fully saturated rings. The number of anilines is 1. The highest BCUT2D eigenvalue weighted by Gasteiger charge is 2.15. The molecule has 0 aliphatic rings. The van der Waals surface area contributed by atoms with E-state index >= 15 is 0 Å². The normalized spacial score (nSPS) is 10.8. The zero-order valence-electron chi connectivity index (χ0n) is 13.6. The Morgan fingerprint density at radius 2 is 2.00 bits per heavy atom. The number of hydrogen-bond acceptors (Lipinski definition) is 4. The van der Waals surface area contributed by atoms with E-state index in [9.17, 15) is 9.18 Å². The topological polar surface area (TPSA) is 59.8 Å². The van der Waals surface area contributed by atoms with Crippen LogP contribution in [0.15, 0.2) is 29.6 Å². The van der Waals surface area contributed by atoms with Crippen molar-refractivity contribution in [1.82, 2.24) is 14.8 Å². The van der Waals surface area contributed by atoms with Crippen molar-refractivity contribution in [3.05, 3.63) is 52.4 Å². The number of aromatic nitrogens is 3. The third-order valence-electron chi connectivity index (χ3n) is 3.89. The fourth-order valence-corrected chi connectivity index (χ4v) is 3.22. The van der Waals surface area contributed by atoms with E-state index in [2.05, 4.69) is 15.4 Å². The molecule has 2 aromatic heterocycles. The lowest BCUT2D eigenvalue weighted by molar-refractivity contribution is -0.115. The van der Waals surface area contributed by atoms with Gasteiger partial charge >= 0.3 is 0 Å². The minimum Gasteiger partial charge on any atom is -0.302 e. The SMILES string of the molecule is Cc1nn(C)c(C)c1CC(=O)Nc1nc(-c2ccc(F)cc2)cs1. The van der Waals surface area contributed by atoms with Crippen LogP contribution in [0.2, 0.25) is 0 Å². The number of thiazole rings is 1. The lowest BCUT2D eigenvalue weighted by atomic mass is 10.1. The van der Waals surface area contributed by atoms with E-state index < -0.39 is 0 Å². The third-order valence-corrected chi connectivity index (χ3v) is 4.64. The van der Waals surface area contributed by atoms with Gasteiger partial charge in [0, 0.05) is 29.2 Å². The first kappa shape index (κ1) is 16.3. The van der Waals surface area contributed by atoms with Crippen molar-refractivity contribution in [3.8, 4) is 11.3 Å². The molecule has 3 rings (SSSR count). The molecule has 1 amide bonds. The van der Waals surface area contributed by atoms with E-state index in [-0.39, 0.29) is 18.1 Å². The van der Waals surface area contributed by atoms with Gasteiger partial charge < -0.3 is 5.32 Å². The summed E-state index contributed by atoms with van der Waals surface area (Å²) in [5, 5.41) is 9.49. The highest BCUT2D eigenvalue weighted by molar-refractivity contribution is 7.14. The zero-order chi connectivity index (χ0) is 17.3. The molecule has 0 aliphatic heterocycles. The third kappa shape index (κ3) is 3.35. The molecular weight excluding hydrogens is 327 g/mol. The molecule has 0 spiro atoms. The molecule has 1 aromatic carbocycles. The van der Waals surface area contributed by atoms with Gasteiger partial charge in [-0.25, -0.2) is 9.37 Å². The molecule has 0 unspecified atom stereocenters. The summed E-state index contributed by atoms with van der Waals surface area (Å²) in [5.74, 6) is -0.418. The number of nitrogens with zero attached hydrogens (tertiary/aromatic N) is 3. The van der Waals surface area contributed by atoms with Crippen LogP contribution >= 0.6 is 11.3 Å². The zero-order valence-corrected chi connectivity index (χ0v) is 14.4. The Morgan fingerprint density at radius 3 is 2.62 bits per heavy atom. The first-order chi connectivity index (χ1) is 11.4. The van der Waals surface area contributed by atoms with Crippen LogP contribution in [0.4, 0.5) is 9.52 Å². The number of carbonyl (C=O) groups excluding carboxylic acids is 1. The molecule has 0 bridgehead atoms. The minimum absolute atomic E-state index is 0.130. The Bertz CT molecular complexity index is 883. The fourth-order valence-electron chi connectivity index (χ4n) is 2.48. The first-order valence-corrected chi connectivity index (χ1v) is 8.32. The number of halogens is 1. The number of rotatable bonds is 4. The molecule has 124 valence electrons. The lowest BCUT2D eigenvalue weighted by Gasteiger charge is -2.03. The van der Waals surface area contributed by atoms with Gasteiger partial charge in [0.2, 0.25) is 5.91 Å². The summed E-state index contributed by atoms with van der Waals surface area (Å²) in [6.45, 7) is 3.84. The molecule has 24 heavy (non-hydrogen) atoms. The number of nitrogens with one attached hydrogen (secondary N) is 1. The van der Waals surface area contributed by atoms with Gasteiger partial charge in [-0.1, -0.05) is 0 Å². The number of amides is 1. The predicted molar refractivity (Wildman–Crippen MR) is 92.5 cm³/mol. The van der Waals surface area contributed by atoms with Gasteiger partial charge in [0.15, 0.2) is 5.13 Å². The molecule has 1 N–H and O–H groups in total. The number of carbonyl (C=O) groups is 1. The molecule has 3 aromatic rings. The first-order valence-electron chi connectivity index (χ1n) is 7.44. The minimum atomic E-state index is -0.287. The number of benzene rings is 1. The standard InChI is InChI=1S/C17H17FN4OS/c1-10-14(11(2)22(3)21-10)8-16(23)20-17-19-15(9-24-17)12-4-6-13(18)7-5-12/h4-7,9H,8H2,1-3H3,(H,19,20,23). The van der Waals surface area contributed by atoms with Crippen LogP contribution < -0.4 is 5.32 Å². The van der Waals surface area contributed by atoms with E-state index in [0.717, 1.165) is 22.5 Å². The maximum Gasteiger partial charge on any atom is 0.230 e. The van der Waals surface area contributed by atoms with Gasteiger partial charge in [-0.15, -0.1) is 11.3 Å². The largest absolute Gasteiger partial charge is 0.302 e. The second kappa shape index (κ2) is 6.52. The van der Waals surface area contributed by atoms with Crippen molar-refractivity contribution in [2.45, 2.75) is 20.3 Å². The van der Waals surface area contributed by atoms with Gasteiger partial charge in [-0.2, -0.15) is 5.10 Å². The Kier molecular flexibility index (Phi) is 4.44. The summed E-state index contributed by atoms with van der Waals surface area (Å²) in [7, 11) is 1.86. The van der Waals surface area contributed by atoms with Gasteiger partial charge in [0.1, 0.15) is 5.82 Å². The molecule has 0 saturated carbocycles. The van der Waals surface area contributed by atoms with Crippen molar-refractivity contribution >= 4 is 22.4 Å². The maximum atomic E-state index is 13.0. The number of hydrogen-bond donors (Lipinski definition) is 1. The summed E-state index contributed by atoms with van der Waals surface area (Å²) in [6.07, 6.45) is 0.261. The maximum absolute atomic E-state index is 13.0. The highest BCUT2D eigenvalue weighted by atomic mass is 32.1. The molecular formula is C17H17FN4OS. The molecule has 7 heteroatoms. The van der Waals surface area contributed by atoms with Crippen LogP contribution in [0.25, 0.3) is 11.3 Å². The summed E-state index contributed by atoms with van der Waals surface area (Å²) >= 11 is 1.34. The van der Waals surface area contributed by atoms with Crippen molar-refractivity contribution < 1.29 is 9.18 Å². The van der Waals surface area contributed by atoms with Crippen LogP contribution in [-0.4, -0.2) is 20.7 Å². The van der Waals surface area contributed by atoms with Crippen LogP contribution in [0.3, 0.4) is 0 Å². The monoisotopic (exact) mass is 344 g/mol. The average molecular weight is 344 g/mol. The van der Waals surface area contributed by atoms with Crippen LogP contribution in [0.5, 0.6) is 0 Å². The smallest absolute Gasteiger partial charge is 0.230 e. The van der Waals surface area contributed by atoms with Gasteiger partial charge in [-0.3, -0.25) is 9.48 Å². The Balaban J connectivity index is 1.70. The van der Waals surface area contributed by atoms with Crippen LogP contribution in [-0.2, 0) is 18.3 Å². The van der Waals surface area contributed by atoms with Gasteiger partial charge in [-0.05, 0) is 38.1 Å².